The average Bonchev–Trinajstić information content (AvgIpc) is 3.47. The van der Waals surface area contributed by atoms with Crippen molar-refractivity contribution in [1.82, 2.24) is 9.88 Å². The first-order valence-electron chi connectivity index (χ1n) is 13.1. The second-order valence-corrected chi connectivity index (χ2v) is 11.4. The minimum absolute atomic E-state index is 0.0607. The van der Waals surface area contributed by atoms with Crippen LogP contribution in [0, 0.1) is 0 Å². The fourth-order valence-electron chi connectivity index (χ4n) is 4.32. The predicted octanol–water partition coefficient (Wildman–Crippen LogP) is 4.53. The Kier molecular flexibility index (Phi) is 11.1. The van der Waals surface area contributed by atoms with Gasteiger partial charge in [0, 0.05) is 17.0 Å². The molecular weight excluding hydrogens is 502 g/mol. The van der Waals surface area contributed by atoms with Crippen LogP contribution in [-0.2, 0) is 36.7 Å². The Hall–Kier alpha value is -3.01. The van der Waals surface area contributed by atoms with Crippen molar-refractivity contribution in [2.24, 2.45) is 4.99 Å². The van der Waals surface area contributed by atoms with E-state index in [-0.39, 0.29) is 18.1 Å². The van der Waals surface area contributed by atoms with E-state index < -0.39 is 10.1 Å². The summed E-state index contributed by atoms with van der Waals surface area (Å²) in [6.45, 7) is 3.12. The lowest BCUT2D eigenvalue weighted by atomic mass is 10.0. The standard InChI is InChI=1S/C29H39N3O5S/c1-5-37-29(33)16-15-25-19-23(14-10-18-38(34,35)36-4)27(30-25)21-28-24(13-9-17-32(2)3)20-26(31-28)22-11-7-6-8-12-22/h6-8,11-12,19-21,30H,5,9-10,13-18H2,1-4H3/b28-21-. The van der Waals surface area contributed by atoms with Gasteiger partial charge < -0.3 is 14.6 Å². The number of aromatic amines is 1. The fourth-order valence-corrected chi connectivity index (χ4v) is 4.98. The molecule has 1 N–H and O–H groups in total. The molecule has 1 aliphatic rings. The zero-order chi connectivity index (χ0) is 27.5. The minimum Gasteiger partial charge on any atom is -0.466 e. The summed E-state index contributed by atoms with van der Waals surface area (Å²) >= 11 is 0. The highest BCUT2D eigenvalue weighted by Gasteiger charge is 2.18. The van der Waals surface area contributed by atoms with Crippen LogP contribution in [0.4, 0.5) is 0 Å². The summed E-state index contributed by atoms with van der Waals surface area (Å²) in [5.74, 6) is -0.303. The summed E-state index contributed by atoms with van der Waals surface area (Å²) in [5, 5.41) is 0. The molecule has 0 saturated heterocycles. The summed E-state index contributed by atoms with van der Waals surface area (Å²) in [7, 11) is 1.79. The van der Waals surface area contributed by atoms with E-state index in [9.17, 15) is 13.2 Å². The number of nitrogens with one attached hydrogen (secondary N) is 1. The molecule has 1 aromatic carbocycles. The number of aliphatic imine (C=N–C) groups is 1. The number of aryl methyl sites for hydroxylation is 2. The number of aromatic nitrogens is 1. The Morgan fingerprint density at radius 2 is 1.87 bits per heavy atom. The monoisotopic (exact) mass is 541 g/mol. The highest BCUT2D eigenvalue weighted by molar-refractivity contribution is 7.86. The third kappa shape index (κ3) is 9.08. The molecule has 2 heterocycles. The third-order valence-electron chi connectivity index (χ3n) is 6.27. The molecule has 1 aromatic heterocycles. The largest absolute Gasteiger partial charge is 0.466 e. The smallest absolute Gasteiger partial charge is 0.306 e. The summed E-state index contributed by atoms with van der Waals surface area (Å²) in [5.41, 5.74) is 6.82. The lowest BCUT2D eigenvalue weighted by Crippen LogP contribution is -2.12. The van der Waals surface area contributed by atoms with E-state index in [2.05, 4.69) is 46.4 Å². The molecule has 0 fully saturated rings. The molecule has 0 unspecified atom stereocenters. The van der Waals surface area contributed by atoms with Crippen LogP contribution in [0.3, 0.4) is 0 Å². The molecular formula is C29H39N3O5S. The number of rotatable bonds is 15. The Morgan fingerprint density at radius 1 is 1.11 bits per heavy atom. The van der Waals surface area contributed by atoms with Crippen molar-refractivity contribution in [3.63, 3.8) is 0 Å². The van der Waals surface area contributed by atoms with Crippen LogP contribution in [0.25, 0.3) is 6.08 Å². The molecule has 0 bridgehead atoms. The SMILES string of the molecule is CCOC(=O)CCc1cc(CCCS(=O)(=O)OC)c(/C=C2\N=C(c3ccccc3)C=C2CCCN(C)C)[nH]1. The number of ether oxygens (including phenoxy) is 1. The van der Waals surface area contributed by atoms with Crippen LogP contribution in [0.15, 0.2) is 58.7 Å². The van der Waals surface area contributed by atoms with Gasteiger partial charge in [-0.05, 0) is 89.0 Å². The van der Waals surface area contributed by atoms with Gasteiger partial charge in [-0.15, -0.1) is 0 Å². The molecule has 0 spiro atoms. The van der Waals surface area contributed by atoms with Crippen LogP contribution in [-0.4, -0.2) is 70.1 Å². The quantitative estimate of drug-likeness (QED) is 0.263. The summed E-state index contributed by atoms with van der Waals surface area (Å²) in [6.07, 6.45) is 7.85. The van der Waals surface area contributed by atoms with Crippen molar-refractivity contribution < 1.29 is 22.1 Å². The van der Waals surface area contributed by atoms with Crippen molar-refractivity contribution in [2.75, 3.05) is 40.1 Å². The van der Waals surface area contributed by atoms with Gasteiger partial charge >= 0.3 is 5.97 Å². The number of benzene rings is 1. The molecule has 38 heavy (non-hydrogen) atoms. The number of hydrogen-bond acceptors (Lipinski definition) is 7. The van der Waals surface area contributed by atoms with Crippen LogP contribution in [0.1, 0.15) is 55.1 Å². The van der Waals surface area contributed by atoms with Crippen LogP contribution < -0.4 is 0 Å². The second-order valence-electron chi connectivity index (χ2n) is 9.54. The van der Waals surface area contributed by atoms with Gasteiger partial charge in [-0.3, -0.25) is 8.98 Å². The summed E-state index contributed by atoms with van der Waals surface area (Å²) < 4.78 is 33.3. The summed E-state index contributed by atoms with van der Waals surface area (Å²) in [4.78, 5) is 22.5. The van der Waals surface area contributed by atoms with E-state index in [0.29, 0.717) is 25.9 Å². The first-order valence-corrected chi connectivity index (χ1v) is 14.6. The van der Waals surface area contributed by atoms with E-state index >= 15 is 0 Å². The highest BCUT2D eigenvalue weighted by Crippen LogP contribution is 2.29. The number of carbonyl (C=O) groups excluding carboxylic acids is 1. The van der Waals surface area contributed by atoms with E-state index in [4.69, 9.17) is 9.73 Å². The lowest BCUT2D eigenvalue weighted by Gasteiger charge is -2.10. The molecule has 206 valence electrons. The summed E-state index contributed by atoms with van der Waals surface area (Å²) in [6, 6.07) is 12.1. The number of esters is 1. The van der Waals surface area contributed by atoms with Crippen molar-refractivity contribution >= 4 is 27.9 Å². The van der Waals surface area contributed by atoms with Gasteiger partial charge in [-0.25, -0.2) is 4.99 Å². The third-order valence-corrected chi connectivity index (χ3v) is 7.57. The van der Waals surface area contributed by atoms with Gasteiger partial charge in [0.15, 0.2) is 0 Å². The zero-order valence-corrected chi connectivity index (χ0v) is 23.6. The van der Waals surface area contributed by atoms with E-state index in [0.717, 1.165) is 53.3 Å². The average molecular weight is 542 g/mol. The van der Waals surface area contributed by atoms with Crippen LogP contribution in [0.5, 0.6) is 0 Å². The van der Waals surface area contributed by atoms with E-state index in [1.54, 1.807) is 6.92 Å². The van der Waals surface area contributed by atoms with E-state index in [1.165, 1.54) is 12.7 Å². The Morgan fingerprint density at radius 3 is 2.55 bits per heavy atom. The van der Waals surface area contributed by atoms with Gasteiger partial charge in [-0.2, -0.15) is 8.42 Å². The molecule has 3 rings (SSSR count). The normalized spacial score (nSPS) is 14.7. The predicted molar refractivity (Wildman–Crippen MR) is 152 cm³/mol. The maximum absolute atomic E-state index is 11.9. The molecule has 0 amide bonds. The van der Waals surface area contributed by atoms with Gasteiger partial charge in [-0.1, -0.05) is 30.3 Å². The van der Waals surface area contributed by atoms with Gasteiger partial charge in [0.25, 0.3) is 10.1 Å². The highest BCUT2D eigenvalue weighted by atomic mass is 32.2. The van der Waals surface area contributed by atoms with Crippen molar-refractivity contribution in [3.05, 3.63) is 76.3 Å². The zero-order valence-electron chi connectivity index (χ0n) is 22.8. The number of hydrogen-bond donors (Lipinski definition) is 1. The number of nitrogens with zero attached hydrogens (tertiary/aromatic N) is 2. The molecule has 0 radical (unpaired) electrons. The fraction of sp³-hybridized carbons (Fsp3) is 0.448. The maximum Gasteiger partial charge on any atom is 0.306 e. The molecule has 1 aliphatic heterocycles. The van der Waals surface area contributed by atoms with Gasteiger partial charge in [0.2, 0.25) is 0 Å². The lowest BCUT2D eigenvalue weighted by molar-refractivity contribution is -0.143. The maximum atomic E-state index is 11.9. The Balaban J connectivity index is 1.91. The number of carbonyl (C=O) groups is 1. The topological polar surface area (TPSA) is 101 Å². The first-order chi connectivity index (χ1) is 18.2. The van der Waals surface area contributed by atoms with Gasteiger partial charge in [0.1, 0.15) is 0 Å². The van der Waals surface area contributed by atoms with Crippen molar-refractivity contribution in [3.8, 4) is 0 Å². The minimum atomic E-state index is -3.53. The second kappa shape index (κ2) is 14.2. The van der Waals surface area contributed by atoms with Gasteiger partial charge in [0.05, 0.1) is 37.3 Å². The molecule has 8 nitrogen and oxygen atoms in total. The Labute approximate surface area is 226 Å². The molecule has 9 heteroatoms. The van der Waals surface area contributed by atoms with Crippen molar-refractivity contribution in [1.29, 1.82) is 0 Å². The molecule has 0 saturated carbocycles. The van der Waals surface area contributed by atoms with Crippen LogP contribution >= 0.6 is 0 Å². The Bertz CT molecular complexity index is 1270. The van der Waals surface area contributed by atoms with Crippen LogP contribution in [0.2, 0.25) is 0 Å². The first kappa shape index (κ1) is 29.5. The molecule has 0 atom stereocenters. The molecule has 2 aromatic rings. The number of allylic oxidation sites excluding steroid dienone is 2. The molecule has 0 aliphatic carbocycles. The van der Waals surface area contributed by atoms with Crippen molar-refractivity contribution in [2.45, 2.75) is 45.4 Å². The van der Waals surface area contributed by atoms with E-state index in [1.807, 2.05) is 30.3 Å². The number of H-pyrrole nitrogens is 1.